The Balaban J connectivity index is 1.75. The van der Waals surface area contributed by atoms with Crippen molar-refractivity contribution in [3.63, 3.8) is 0 Å². The summed E-state index contributed by atoms with van der Waals surface area (Å²) in [6.45, 7) is 2.08. The Hall–Kier alpha value is -1.10. The van der Waals surface area contributed by atoms with Crippen LogP contribution in [0, 0.1) is 0 Å². The maximum atomic E-state index is 6.51. The van der Waals surface area contributed by atoms with Crippen LogP contribution in [0.1, 0.15) is 63.7 Å². The summed E-state index contributed by atoms with van der Waals surface area (Å²) >= 11 is 0. The first-order valence-corrected chi connectivity index (χ1v) is 7.66. The van der Waals surface area contributed by atoms with Gasteiger partial charge in [-0.2, -0.15) is 4.98 Å². The van der Waals surface area contributed by atoms with Crippen molar-refractivity contribution in [1.82, 2.24) is 10.1 Å². The molecule has 1 aliphatic heterocycles. The maximum Gasteiger partial charge on any atom is 0.266 e. The van der Waals surface area contributed by atoms with Crippen molar-refractivity contribution < 1.29 is 4.52 Å². The molecule has 1 saturated heterocycles. The van der Waals surface area contributed by atoms with Crippen molar-refractivity contribution in [3.05, 3.63) is 5.89 Å². The van der Waals surface area contributed by atoms with Crippen molar-refractivity contribution in [3.8, 4) is 0 Å². The fourth-order valence-electron chi connectivity index (χ4n) is 3.21. The molecule has 2 aliphatic rings. The predicted molar refractivity (Wildman–Crippen MR) is 73.9 cm³/mol. The lowest BCUT2D eigenvalue weighted by Gasteiger charge is -2.25. The third-order valence-electron chi connectivity index (χ3n) is 4.48. The Morgan fingerprint density at radius 2 is 1.58 bits per heavy atom. The molecule has 1 aromatic rings. The molecule has 5 heteroatoms. The molecule has 0 bridgehead atoms. The minimum absolute atomic E-state index is 0.391. The number of nitrogens with zero attached hydrogens (tertiary/aromatic N) is 3. The van der Waals surface area contributed by atoms with Gasteiger partial charge in [-0.3, -0.25) is 0 Å². The molecule has 5 nitrogen and oxygen atoms in total. The highest BCUT2D eigenvalue weighted by Gasteiger charge is 2.34. The average Bonchev–Trinajstić information content (AvgIpc) is 2.85. The van der Waals surface area contributed by atoms with Gasteiger partial charge in [-0.05, 0) is 37.3 Å². The number of anilines is 1. The van der Waals surface area contributed by atoms with E-state index in [0.29, 0.717) is 5.89 Å². The van der Waals surface area contributed by atoms with Gasteiger partial charge in [-0.25, -0.2) is 0 Å². The number of nitrogens with two attached hydrogens (primary N) is 1. The van der Waals surface area contributed by atoms with Crippen LogP contribution in [0.4, 0.5) is 5.95 Å². The van der Waals surface area contributed by atoms with Gasteiger partial charge in [0.1, 0.15) is 0 Å². The fraction of sp³-hybridized carbons (Fsp3) is 0.857. The largest absolute Gasteiger partial charge is 0.338 e. The highest BCUT2D eigenvalue weighted by atomic mass is 16.5. The Kier molecular flexibility index (Phi) is 3.73. The lowest BCUT2D eigenvalue weighted by Crippen LogP contribution is -2.36. The number of rotatable bonds is 2. The molecule has 0 aromatic carbocycles. The van der Waals surface area contributed by atoms with Gasteiger partial charge < -0.3 is 15.2 Å². The average molecular weight is 264 g/mol. The third-order valence-corrected chi connectivity index (χ3v) is 4.48. The Morgan fingerprint density at radius 1 is 0.947 bits per heavy atom. The Morgan fingerprint density at radius 3 is 2.26 bits per heavy atom. The molecule has 19 heavy (non-hydrogen) atoms. The minimum atomic E-state index is -0.391. The summed E-state index contributed by atoms with van der Waals surface area (Å²) in [5.74, 6) is 1.39. The number of hydrogen-bond acceptors (Lipinski definition) is 5. The second-order valence-corrected chi connectivity index (χ2v) is 6.02. The van der Waals surface area contributed by atoms with Crippen LogP contribution in [0.25, 0.3) is 0 Å². The van der Waals surface area contributed by atoms with Crippen molar-refractivity contribution >= 4 is 5.95 Å². The second-order valence-electron chi connectivity index (χ2n) is 6.02. The van der Waals surface area contributed by atoms with Gasteiger partial charge in [0.15, 0.2) is 0 Å². The summed E-state index contributed by atoms with van der Waals surface area (Å²) < 4.78 is 5.49. The molecule has 1 saturated carbocycles. The van der Waals surface area contributed by atoms with Crippen molar-refractivity contribution in [2.45, 2.75) is 63.3 Å². The van der Waals surface area contributed by atoms with E-state index < -0.39 is 5.54 Å². The van der Waals surface area contributed by atoms with E-state index >= 15 is 0 Å². The highest BCUT2D eigenvalue weighted by molar-refractivity contribution is 5.29. The smallest absolute Gasteiger partial charge is 0.266 e. The highest BCUT2D eigenvalue weighted by Crippen LogP contribution is 2.33. The van der Waals surface area contributed by atoms with Crippen LogP contribution in [-0.4, -0.2) is 23.2 Å². The van der Waals surface area contributed by atoms with Crippen LogP contribution in [0.2, 0.25) is 0 Å². The summed E-state index contributed by atoms with van der Waals surface area (Å²) in [4.78, 5) is 6.81. The molecule has 1 aromatic heterocycles. The van der Waals surface area contributed by atoms with Crippen molar-refractivity contribution in [2.24, 2.45) is 5.73 Å². The van der Waals surface area contributed by atoms with Crippen molar-refractivity contribution in [1.29, 1.82) is 0 Å². The van der Waals surface area contributed by atoms with Crippen LogP contribution >= 0.6 is 0 Å². The molecular weight excluding hydrogens is 240 g/mol. The van der Waals surface area contributed by atoms with Crippen LogP contribution in [-0.2, 0) is 5.54 Å². The molecule has 0 amide bonds. The first-order chi connectivity index (χ1) is 9.28. The van der Waals surface area contributed by atoms with Gasteiger partial charge in [-0.1, -0.05) is 25.7 Å². The van der Waals surface area contributed by atoms with E-state index in [0.717, 1.165) is 44.7 Å². The third kappa shape index (κ3) is 2.76. The van der Waals surface area contributed by atoms with Gasteiger partial charge in [0.2, 0.25) is 5.89 Å². The minimum Gasteiger partial charge on any atom is -0.338 e. The van der Waals surface area contributed by atoms with Crippen LogP contribution in [0.5, 0.6) is 0 Å². The zero-order valence-corrected chi connectivity index (χ0v) is 11.6. The van der Waals surface area contributed by atoms with E-state index in [1.54, 1.807) is 0 Å². The van der Waals surface area contributed by atoms with Gasteiger partial charge >= 0.3 is 0 Å². The molecule has 1 aliphatic carbocycles. The number of aromatic nitrogens is 2. The van der Waals surface area contributed by atoms with Crippen molar-refractivity contribution in [2.75, 3.05) is 18.0 Å². The standard InChI is InChI=1S/C14H24N4O/c15-14(8-4-1-2-5-9-14)12-16-13(17-19-12)18-10-6-3-7-11-18/h1-11,15H2. The molecule has 2 fully saturated rings. The first-order valence-electron chi connectivity index (χ1n) is 7.66. The Labute approximate surface area is 114 Å². The van der Waals surface area contributed by atoms with E-state index in [4.69, 9.17) is 10.3 Å². The maximum absolute atomic E-state index is 6.51. The summed E-state index contributed by atoms with van der Waals surface area (Å²) in [6, 6.07) is 0. The topological polar surface area (TPSA) is 68.2 Å². The van der Waals surface area contributed by atoms with E-state index in [1.807, 2.05) is 0 Å². The van der Waals surface area contributed by atoms with Gasteiger partial charge in [0.25, 0.3) is 5.95 Å². The number of hydrogen-bond donors (Lipinski definition) is 1. The van der Waals surface area contributed by atoms with E-state index in [1.165, 1.54) is 32.1 Å². The normalized spacial score (nSPS) is 24.2. The summed E-state index contributed by atoms with van der Waals surface area (Å²) in [5, 5.41) is 4.15. The van der Waals surface area contributed by atoms with E-state index in [2.05, 4.69) is 15.0 Å². The lowest BCUT2D eigenvalue weighted by atomic mass is 9.91. The predicted octanol–water partition coefficient (Wildman–Crippen LogP) is 2.57. The molecule has 0 spiro atoms. The van der Waals surface area contributed by atoms with E-state index in [9.17, 15) is 0 Å². The van der Waals surface area contributed by atoms with Gasteiger partial charge in [0.05, 0.1) is 5.54 Å². The molecule has 3 rings (SSSR count). The lowest BCUT2D eigenvalue weighted by molar-refractivity contribution is 0.257. The molecule has 0 unspecified atom stereocenters. The monoisotopic (exact) mass is 264 g/mol. The molecule has 0 radical (unpaired) electrons. The molecule has 0 atom stereocenters. The van der Waals surface area contributed by atoms with Crippen LogP contribution in [0.3, 0.4) is 0 Å². The molecule has 106 valence electrons. The van der Waals surface area contributed by atoms with Gasteiger partial charge in [0, 0.05) is 13.1 Å². The summed E-state index contributed by atoms with van der Waals surface area (Å²) in [7, 11) is 0. The summed E-state index contributed by atoms with van der Waals surface area (Å²) in [5.41, 5.74) is 6.12. The zero-order chi connectivity index (χ0) is 13.1. The summed E-state index contributed by atoms with van der Waals surface area (Å²) in [6.07, 6.45) is 10.6. The first kappa shape index (κ1) is 12.9. The molecule has 2 heterocycles. The SMILES string of the molecule is NC1(c2nc(N3CCCCC3)no2)CCCCCC1. The number of piperidine rings is 1. The fourth-order valence-corrected chi connectivity index (χ4v) is 3.21. The molecular formula is C14H24N4O. The zero-order valence-electron chi connectivity index (χ0n) is 11.6. The quantitative estimate of drug-likeness (QED) is 0.831. The Bertz CT molecular complexity index is 403. The second kappa shape index (κ2) is 5.49. The molecule has 2 N–H and O–H groups in total. The van der Waals surface area contributed by atoms with E-state index in [-0.39, 0.29) is 0 Å². The van der Waals surface area contributed by atoms with Crippen LogP contribution < -0.4 is 10.6 Å². The van der Waals surface area contributed by atoms with Gasteiger partial charge in [-0.15, -0.1) is 0 Å². The van der Waals surface area contributed by atoms with Crippen LogP contribution in [0.15, 0.2) is 4.52 Å².